The van der Waals surface area contributed by atoms with Gasteiger partial charge in [-0.05, 0) is 144 Å². The molecule has 342 valence electrons. The summed E-state index contributed by atoms with van der Waals surface area (Å²) in [5.74, 6) is 6.50. The standard InChI is InChI=1S/C24H28FN5O2.C24H32FN3O4/c1-15-13-26-24(27-14-15)30-8-5-17(6-9-30)21-11-18(21)7-10-31-19-3-4-20(22(25)12-19)23-29-28-16(2)32-23;1-15-26-27-22(31-15)19-6-5-18(14-21(19)25)30-12-9-17-13-20(17)16-7-10-28(11-8-16)23(29)32-24(2,3)4/h3-4,12-14,17-18,21H,5-11H2,1-2H3;5-6,14,16-17,20H,7-13H2,1-4H3. The molecule has 0 bridgehead atoms. The fraction of sp³-hybridized carbons (Fsp3) is 0.562. The molecule has 1 amide bonds. The monoisotopic (exact) mass is 882 g/mol. The highest BCUT2D eigenvalue weighted by molar-refractivity contribution is 5.68. The summed E-state index contributed by atoms with van der Waals surface area (Å²) in [5.41, 5.74) is 1.21. The molecule has 4 unspecified atom stereocenters. The number of hydrogen-bond donors (Lipinski definition) is 0. The van der Waals surface area contributed by atoms with Gasteiger partial charge in [0.2, 0.25) is 17.7 Å². The van der Waals surface area contributed by atoms with Crippen LogP contribution in [0.15, 0.2) is 57.6 Å². The van der Waals surface area contributed by atoms with Crippen LogP contribution in [-0.2, 0) is 4.74 Å². The molecule has 64 heavy (non-hydrogen) atoms. The van der Waals surface area contributed by atoms with Crippen molar-refractivity contribution in [2.24, 2.45) is 35.5 Å². The van der Waals surface area contributed by atoms with Crippen molar-refractivity contribution in [3.05, 3.63) is 77.8 Å². The molecular weight excluding hydrogens is 823 g/mol. The molecule has 0 spiro atoms. The number of piperidine rings is 2. The maximum absolute atomic E-state index is 14.4. The lowest BCUT2D eigenvalue weighted by Crippen LogP contribution is -2.42. The maximum atomic E-state index is 14.4. The van der Waals surface area contributed by atoms with E-state index in [1.54, 1.807) is 38.1 Å². The Bertz CT molecular complexity index is 2330. The number of aryl methyl sites for hydroxylation is 3. The Hall–Kier alpha value is -5.67. The Morgan fingerprint density at radius 1 is 0.703 bits per heavy atom. The SMILES string of the molecule is Cc1cnc(N2CCC(C3CC3CCOc3ccc(-c4nnc(C)o4)c(F)c3)CC2)nc1.Cc1nnc(-c2ccc(OCCC3CC3C3CCN(C(=O)OC(C)(C)C)CC3)cc2F)o1. The van der Waals surface area contributed by atoms with Crippen LogP contribution in [0.1, 0.15) is 89.5 Å². The summed E-state index contributed by atoms with van der Waals surface area (Å²) in [5, 5.41) is 15.2. The Balaban J connectivity index is 0.000000175. The van der Waals surface area contributed by atoms with E-state index < -0.39 is 17.2 Å². The molecule has 14 nitrogen and oxygen atoms in total. The first-order chi connectivity index (χ1) is 30.8. The molecule has 0 radical (unpaired) electrons. The second kappa shape index (κ2) is 19.6. The van der Waals surface area contributed by atoms with Crippen molar-refractivity contribution in [2.75, 3.05) is 44.3 Å². The summed E-state index contributed by atoms with van der Waals surface area (Å²) in [6.45, 7) is 15.8. The summed E-state index contributed by atoms with van der Waals surface area (Å²) in [4.78, 5) is 25.3. The van der Waals surface area contributed by atoms with E-state index in [0.717, 1.165) is 75.2 Å². The van der Waals surface area contributed by atoms with Gasteiger partial charge in [-0.3, -0.25) is 0 Å². The molecule has 3 aromatic heterocycles. The van der Waals surface area contributed by atoms with Crippen LogP contribution >= 0.6 is 0 Å². The lowest BCUT2D eigenvalue weighted by molar-refractivity contribution is 0.0173. The van der Waals surface area contributed by atoms with E-state index in [4.69, 9.17) is 23.0 Å². The van der Waals surface area contributed by atoms with Gasteiger partial charge in [-0.25, -0.2) is 23.5 Å². The summed E-state index contributed by atoms with van der Waals surface area (Å²) < 4.78 is 56.5. The first kappa shape index (κ1) is 44.9. The van der Waals surface area contributed by atoms with Crippen LogP contribution in [0.5, 0.6) is 11.5 Å². The van der Waals surface area contributed by atoms with E-state index in [1.807, 2.05) is 45.0 Å². The number of carbonyl (C=O) groups excluding carboxylic acids is 1. The molecule has 2 aliphatic carbocycles. The minimum absolute atomic E-state index is 0.171. The van der Waals surface area contributed by atoms with Gasteiger partial charge in [0.15, 0.2) is 0 Å². The number of halogens is 2. The van der Waals surface area contributed by atoms with E-state index in [1.165, 1.54) is 37.8 Å². The minimum atomic E-state index is -0.454. The summed E-state index contributed by atoms with van der Waals surface area (Å²) >= 11 is 0. The van der Waals surface area contributed by atoms with Crippen LogP contribution < -0.4 is 14.4 Å². The highest BCUT2D eigenvalue weighted by Crippen LogP contribution is 2.51. The molecule has 4 fully saturated rings. The zero-order valence-electron chi connectivity index (χ0n) is 37.8. The second-order valence-corrected chi connectivity index (χ2v) is 18.8. The molecule has 2 aromatic carbocycles. The average Bonchev–Trinajstić information content (AvgIpc) is 4.13. The van der Waals surface area contributed by atoms with Gasteiger partial charge in [-0.2, -0.15) is 0 Å². The lowest BCUT2D eigenvalue weighted by atomic mass is 9.90. The third-order valence-corrected chi connectivity index (χ3v) is 12.9. The fourth-order valence-corrected chi connectivity index (χ4v) is 9.26. The van der Waals surface area contributed by atoms with E-state index in [2.05, 4.69) is 35.3 Å². The number of nitrogens with zero attached hydrogens (tertiary/aromatic N) is 8. The zero-order chi connectivity index (χ0) is 45.0. The molecule has 2 aliphatic heterocycles. The molecule has 4 aliphatic rings. The molecule has 16 heteroatoms. The number of anilines is 1. The van der Waals surface area contributed by atoms with Crippen molar-refractivity contribution in [2.45, 2.75) is 98.5 Å². The van der Waals surface area contributed by atoms with Crippen molar-refractivity contribution >= 4 is 12.0 Å². The van der Waals surface area contributed by atoms with Crippen LogP contribution in [0.25, 0.3) is 22.9 Å². The van der Waals surface area contributed by atoms with Crippen molar-refractivity contribution in [1.29, 1.82) is 0 Å². The number of benzene rings is 2. The number of carbonyl (C=O) groups is 1. The topological polar surface area (TPSA) is 155 Å². The largest absolute Gasteiger partial charge is 0.493 e. The van der Waals surface area contributed by atoms with E-state index >= 15 is 0 Å². The third kappa shape index (κ3) is 11.7. The van der Waals surface area contributed by atoms with Crippen LogP contribution in [0.4, 0.5) is 19.5 Å². The molecular formula is C48H60F2N8O6. The number of amides is 1. The van der Waals surface area contributed by atoms with E-state index in [0.29, 0.717) is 65.7 Å². The van der Waals surface area contributed by atoms with Crippen LogP contribution in [0.2, 0.25) is 0 Å². The summed E-state index contributed by atoms with van der Waals surface area (Å²) in [6, 6.07) is 9.48. The van der Waals surface area contributed by atoms with Crippen molar-refractivity contribution in [3.8, 4) is 34.4 Å². The van der Waals surface area contributed by atoms with Crippen molar-refractivity contribution in [3.63, 3.8) is 0 Å². The van der Waals surface area contributed by atoms with Gasteiger partial charge in [-0.1, -0.05) is 0 Å². The third-order valence-electron chi connectivity index (χ3n) is 12.9. The Morgan fingerprint density at radius 3 is 1.59 bits per heavy atom. The highest BCUT2D eigenvalue weighted by atomic mass is 19.1. The Kier molecular flexibility index (Phi) is 13.8. The van der Waals surface area contributed by atoms with E-state index in [9.17, 15) is 13.6 Å². The number of likely N-dealkylation sites (tertiary alicyclic amines) is 1. The molecule has 5 aromatic rings. The van der Waals surface area contributed by atoms with Crippen molar-refractivity contribution in [1.82, 2.24) is 35.3 Å². The van der Waals surface area contributed by atoms with E-state index in [-0.39, 0.29) is 23.4 Å². The highest BCUT2D eigenvalue weighted by Gasteiger charge is 2.44. The fourth-order valence-electron chi connectivity index (χ4n) is 9.26. The van der Waals surface area contributed by atoms with Gasteiger partial charge in [-0.15, -0.1) is 20.4 Å². The number of ether oxygens (including phenoxy) is 3. The van der Waals surface area contributed by atoms with Gasteiger partial charge in [0.25, 0.3) is 11.8 Å². The van der Waals surface area contributed by atoms with Gasteiger partial charge in [0, 0.05) is 64.6 Å². The zero-order valence-corrected chi connectivity index (χ0v) is 37.8. The molecule has 5 heterocycles. The molecule has 0 N–H and O–H groups in total. The first-order valence-corrected chi connectivity index (χ1v) is 22.7. The van der Waals surface area contributed by atoms with Gasteiger partial charge < -0.3 is 32.8 Å². The minimum Gasteiger partial charge on any atom is -0.493 e. The van der Waals surface area contributed by atoms with Gasteiger partial charge >= 0.3 is 6.09 Å². The molecule has 2 saturated heterocycles. The van der Waals surface area contributed by atoms with Crippen LogP contribution in [0.3, 0.4) is 0 Å². The van der Waals surface area contributed by atoms with Gasteiger partial charge in [0.05, 0.1) is 24.3 Å². The van der Waals surface area contributed by atoms with Gasteiger partial charge in [0.1, 0.15) is 28.7 Å². The Labute approximate surface area is 373 Å². The normalized spacial score (nSPS) is 21.2. The summed E-state index contributed by atoms with van der Waals surface area (Å²) in [6.07, 6.45) is 12.5. The smallest absolute Gasteiger partial charge is 0.410 e. The molecule has 2 saturated carbocycles. The quantitative estimate of drug-likeness (QED) is 0.110. The lowest BCUT2D eigenvalue weighted by Gasteiger charge is -2.33. The second-order valence-electron chi connectivity index (χ2n) is 18.8. The predicted octanol–water partition coefficient (Wildman–Crippen LogP) is 9.84. The number of aromatic nitrogens is 6. The molecule has 9 rings (SSSR count). The first-order valence-electron chi connectivity index (χ1n) is 22.7. The van der Waals surface area contributed by atoms with Crippen LogP contribution in [0, 0.1) is 67.9 Å². The van der Waals surface area contributed by atoms with Crippen molar-refractivity contribution < 1.29 is 36.6 Å². The summed E-state index contributed by atoms with van der Waals surface area (Å²) in [7, 11) is 0. The molecule has 4 atom stereocenters. The predicted molar refractivity (Wildman–Crippen MR) is 235 cm³/mol. The number of rotatable bonds is 13. The number of hydrogen-bond acceptors (Lipinski definition) is 13. The van der Waals surface area contributed by atoms with Crippen LogP contribution in [-0.4, -0.2) is 86.3 Å². The average molecular weight is 883 g/mol. The maximum Gasteiger partial charge on any atom is 0.410 e. The Morgan fingerprint density at radius 2 is 1.17 bits per heavy atom.